The van der Waals surface area contributed by atoms with Gasteiger partial charge in [-0.15, -0.1) is 0 Å². The molecule has 0 atom stereocenters. The molecule has 14 heavy (non-hydrogen) atoms. The first kappa shape index (κ1) is 11.6. The fraction of sp³-hybridized carbons (Fsp3) is 0.500. The Hall–Kier alpha value is -0.470. The second-order valence-corrected chi connectivity index (χ2v) is 3.73. The average molecular weight is 309 g/mol. The largest absolute Gasteiger partial charge is 0.394 e. The van der Waals surface area contributed by atoms with Crippen molar-refractivity contribution in [3.05, 3.63) is 16.0 Å². The van der Waals surface area contributed by atoms with E-state index in [1.165, 1.54) is 0 Å². The Kier molecular flexibility index (Phi) is 5.72. The van der Waals surface area contributed by atoms with Gasteiger partial charge in [0, 0.05) is 22.5 Å². The molecule has 0 amide bonds. The summed E-state index contributed by atoms with van der Waals surface area (Å²) < 4.78 is 6.06. The lowest BCUT2D eigenvalue weighted by molar-refractivity contribution is 0.0991. The lowest BCUT2D eigenvalue weighted by Gasteiger charge is -2.04. The highest BCUT2D eigenvalue weighted by Crippen LogP contribution is 2.01. The van der Waals surface area contributed by atoms with E-state index in [4.69, 9.17) is 9.84 Å². The number of aliphatic hydroxyl groups is 1. The number of rotatable bonds is 6. The molecule has 0 radical (unpaired) electrons. The summed E-state index contributed by atoms with van der Waals surface area (Å²) in [5, 5.41) is 11.4. The molecule has 6 heteroatoms. The van der Waals surface area contributed by atoms with Crippen molar-refractivity contribution in [3.8, 4) is 0 Å². The van der Waals surface area contributed by atoms with Gasteiger partial charge in [0.1, 0.15) is 0 Å². The van der Waals surface area contributed by atoms with E-state index in [1.54, 1.807) is 12.4 Å². The van der Waals surface area contributed by atoms with Crippen molar-refractivity contribution in [1.29, 1.82) is 0 Å². The predicted molar refractivity (Wildman–Crippen MR) is 61.1 cm³/mol. The van der Waals surface area contributed by atoms with Gasteiger partial charge in [-0.1, -0.05) is 0 Å². The van der Waals surface area contributed by atoms with Gasteiger partial charge in [0.25, 0.3) is 0 Å². The van der Waals surface area contributed by atoms with Gasteiger partial charge < -0.3 is 15.2 Å². The molecule has 1 aromatic heterocycles. The van der Waals surface area contributed by atoms with Crippen LogP contribution in [0.3, 0.4) is 0 Å². The maximum atomic E-state index is 8.44. The zero-order valence-electron chi connectivity index (χ0n) is 7.61. The monoisotopic (exact) mass is 309 g/mol. The van der Waals surface area contributed by atoms with Gasteiger partial charge in [-0.25, -0.2) is 9.97 Å². The molecule has 1 heterocycles. The molecule has 0 fully saturated rings. The lowest BCUT2D eigenvalue weighted by atomic mass is 10.6. The fourth-order valence-electron chi connectivity index (χ4n) is 0.805. The molecule has 0 aromatic carbocycles. The highest BCUT2D eigenvalue weighted by atomic mass is 127. The molecular formula is C8H12IN3O2. The van der Waals surface area contributed by atoms with Crippen molar-refractivity contribution >= 4 is 28.5 Å². The highest BCUT2D eigenvalue weighted by molar-refractivity contribution is 14.1. The summed E-state index contributed by atoms with van der Waals surface area (Å²) in [5.74, 6) is 0.595. The van der Waals surface area contributed by atoms with E-state index in [-0.39, 0.29) is 6.61 Å². The summed E-state index contributed by atoms with van der Waals surface area (Å²) in [4.78, 5) is 8.12. The van der Waals surface area contributed by atoms with Gasteiger partial charge in [0.05, 0.1) is 19.8 Å². The van der Waals surface area contributed by atoms with Gasteiger partial charge in [0.15, 0.2) is 0 Å². The predicted octanol–water partition coefficient (Wildman–Crippen LogP) is 0.502. The number of anilines is 1. The molecule has 0 saturated carbocycles. The Morgan fingerprint density at radius 1 is 1.36 bits per heavy atom. The number of halogens is 1. The summed E-state index contributed by atoms with van der Waals surface area (Å²) in [7, 11) is 0. The van der Waals surface area contributed by atoms with Crippen LogP contribution < -0.4 is 5.32 Å². The first-order chi connectivity index (χ1) is 6.83. The third-order valence-corrected chi connectivity index (χ3v) is 1.94. The summed E-state index contributed by atoms with van der Waals surface area (Å²) in [6.07, 6.45) is 3.48. The van der Waals surface area contributed by atoms with Gasteiger partial charge in [-0.3, -0.25) is 0 Å². The van der Waals surface area contributed by atoms with Crippen LogP contribution in [0.2, 0.25) is 0 Å². The van der Waals surface area contributed by atoms with Crippen molar-refractivity contribution in [2.45, 2.75) is 0 Å². The molecule has 2 N–H and O–H groups in total. The van der Waals surface area contributed by atoms with E-state index in [2.05, 4.69) is 37.9 Å². The molecule has 0 aliphatic rings. The van der Waals surface area contributed by atoms with Crippen molar-refractivity contribution in [2.75, 3.05) is 31.7 Å². The van der Waals surface area contributed by atoms with Gasteiger partial charge >= 0.3 is 0 Å². The maximum Gasteiger partial charge on any atom is 0.222 e. The minimum Gasteiger partial charge on any atom is -0.394 e. The number of hydrogen-bond donors (Lipinski definition) is 2. The molecule has 78 valence electrons. The van der Waals surface area contributed by atoms with Crippen molar-refractivity contribution in [3.63, 3.8) is 0 Å². The van der Waals surface area contributed by atoms with Crippen LogP contribution in [0.15, 0.2) is 12.4 Å². The summed E-state index contributed by atoms with van der Waals surface area (Å²) >= 11 is 2.15. The Morgan fingerprint density at radius 3 is 2.71 bits per heavy atom. The number of ether oxygens (including phenoxy) is 1. The first-order valence-corrected chi connectivity index (χ1v) is 5.31. The molecule has 1 aromatic rings. The minimum absolute atomic E-state index is 0.0556. The van der Waals surface area contributed by atoms with Crippen molar-refractivity contribution < 1.29 is 9.84 Å². The maximum absolute atomic E-state index is 8.44. The zero-order valence-corrected chi connectivity index (χ0v) is 9.77. The number of nitrogens with zero attached hydrogens (tertiary/aromatic N) is 2. The van der Waals surface area contributed by atoms with Gasteiger partial charge in [0.2, 0.25) is 5.95 Å². The van der Waals surface area contributed by atoms with Crippen LogP contribution >= 0.6 is 22.6 Å². The third-order valence-electron chi connectivity index (χ3n) is 1.39. The summed E-state index contributed by atoms with van der Waals surface area (Å²) in [6, 6.07) is 0. The summed E-state index contributed by atoms with van der Waals surface area (Å²) in [5.41, 5.74) is 0. The smallest absolute Gasteiger partial charge is 0.222 e. The molecule has 0 spiro atoms. The molecule has 0 aliphatic carbocycles. The molecular weight excluding hydrogens is 297 g/mol. The van der Waals surface area contributed by atoms with E-state index in [0.717, 1.165) is 3.57 Å². The average Bonchev–Trinajstić information content (AvgIpc) is 2.21. The quantitative estimate of drug-likeness (QED) is 0.592. The fourth-order valence-corrected chi connectivity index (χ4v) is 1.08. The zero-order chi connectivity index (χ0) is 10.2. The van der Waals surface area contributed by atoms with Crippen LogP contribution in [0.25, 0.3) is 0 Å². The third kappa shape index (κ3) is 4.68. The molecule has 0 saturated heterocycles. The molecule has 0 aliphatic heterocycles. The van der Waals surface area contributed by atoms with Crippen LogP contribution in [0.4, 0.5) is 5.95 Å². The Bertz CT molecular complexity index is 255. The number of aliphatic hydroxyl groups excluding tert-OH is 1. The van der Waals surface area contributed by atoms with E-state index in [0.29, 0.717) is 25.7 Å². The Morgan fingerprint density at radius 2 is 2.07 bits per heavy atom. The van der Waals surface area contributed by atoms with E-state index in [9.17, 15) is 0 Å². The number of nitrogens with one attached hydrogen (secondary N) is 1. The van der Waals surface area contributed by atoms with Crippen LogP contribution in [-0.2, 0) is 4.74 Å². The molecule has 5 nitrogen and oxygen atoms in total. The Labute approximate surface area is 96.0 Å². The molecule has 0 unspecified atom stereocenters. The molecule has 1 rings (SSSR count). The minimum atomic E-state index is 0.0556. The highest BCUT2D eigenvalue weighted by Gasteiger charge is 1.94. The van der Waals surface area contributed by atoms with Crippen LogP contribution in [0.1, 0.15) is 0 Å². The Balaban J connectivity index is 2.15. The van der Waals surface area contributed by atoms with E-state index in [1.807, 2.05) is 0 Å². The second-order valence-electron chi connectivity index (χ2n) is 2.49. The second kappa shape index (κ2) is 6.91. The van der Waals surface area contributed by atoms with Crippen molar-refractivity contribution in [1.82, 2.24) is 9.97 Å². The van der Waals surface area contributed by atoms with Crippen LogP contribution in [0.5, 0.6) is 0 Å². The normalized spacial score (nSPS) is 10.1. The van der Waals surface area contributed by atoms with E-state index < -0.39 is 0 Å². The topological polar surface area (TPSA) is 67.3 Å². The SMILES string of the molecule is OCCOCCNc1ncc(I)cn1. The standard InChI is InChI=1S/C8H12IN3O2/c9-7-5-11-8(12-6-7)10-1-3-14-4-2-13/h5-6,13H,1-4H2,(H,10,11,12). The number of aromatic nitrogens is 2. The lowest BCUT2D eigenvalue weighted by Crippen LogP contribution is -2.12. The van der Waals surface area contributed by atoms with Crippen LogP contribution in [0, 0.1) is 3.57 Å². The summed E-state index contributed by atoms with van der Waals surface area (Å²) in [6.45, 7) is 1.60. The van der Waals surface area contributed by atoms with Crippen LogP contribution in [-0.4, -0.2) is 41.4 Å². The van der Waals surface area contributed by atoms with Gasteiger partial charge in [-0.05, 0) is 22.6 Å². The molecule has 0 bridgehead atoms. The number of hydrogen-bond acceptors (Lipinski definition) is 5. The van der Waals surface area contributed by atoms with Crippen molar-refractivity contribution in [2.24, 2.45) is 0 Å². The van der Waals surface area contributed by atoms with Gasteiger partial charge in [-0.2, -0.15) is 0 Å². The van der Waals surface area contributed by atoms with E-state index >= 15 is 0 Å². The first-order valence-electron chi connectivity index (χ1n) is 4.23.